The van der Waals surface area contributed by atoms with Gasteiger partial charge in [0, 0.05) is 37.1 Å². The van der Waals surface area contributed by atoms with Gasteiger partial charge in [-0.25, -0.2) is 4.98 Å². The molecular formula is C20H22ClN3O2. The number of imidazole rings is 1. The topological polar surface area (TPSA) is 48.3 Å². The molecule has 0 aliphatic carbocycles. The summed E-state index contributed by atoms with van der Waals surface area (Å²) in [4.78, 5) is 4.53. The third-order valence-electron chi connectivity index (χ3n) is 4.25. The molecule has 3 aromatic rings. The number of hydrogen-bond acceptors (Lipinski definition) is 4. The summed E-state index contributed by atoms with van der Waals surface area (Å²) in [5.41, 5.74) is 2.16. The van der Waals surface area contributed by atoms with Crippen molar-refractivity contribution in [2.45, 2.75) is 12.6 Å². The van der Waals surface area contributed by atoms with Crippen LogP contribution in [0.25, 0.3) is 0 Å². The molecular weight excluding hydrogens is 350 g/mol. The maximum atomic E-state index is 5.98. The smallest absolute Gasteiger partial charge is 0.130 e. The van der Waals surface area contributed by atoms with E-state index in [1.165, 1.54) is 0 Å². The molecule has 0 amide bonds. The maximum Gasteiger partial charge on any atom is 0.130 e. The van der Waals surface area contributed by atoms with E-state index >= 15 is 0 Å². The largest absolute Gasteiger partial charge is 0.497 e. The number of benzene rings is 2. The van der Waals surface area contributed by atoms with Crippen molar-refractivity contribution in [1.29, 1.82) is 0 Å². The lowest BCUT2D eigenvalue weighted by Gasteiger charge is -2.20. The number of methoxy groups -OCH3 is 2. The Balaban J connectivity index is 1.93. The van der Waals surface area contributed by atoms with Gasteiger partial charge in [-0.15, -0.1) is 0 Å². The van der Waals surface area contributed by atoms with Crippen LogP contribution in [0.1, 0.15) is 23.0 Å². The van der Waals surface area contributed by atoms with Crippen molar-refractivity contribution in [2.75, 3.05) is 14.2 Å². The molecule has 0 aliphatic rings. The molecule has 0 saturated carbocycles. The van der Waals surface area contributed by atoms with Gasteiger partial charge in [-0.1, -0.05) is 23.7 Å². The van der Waals surface area contributed by atoms with Crippen LogP contribution in [0.4, 0.5) is 0 Å². The molecule has 0 aliphatic heterocycles. The minimum absolute atomic E-state index is 0.116. The van der Waals surface area contributed by atoms with Crippen molar-refractivity contribution in [1.82, 2.24) is 14.9 Å². The van der Waals surface area contributed by atoms with E-state index in [4.69, 9.17) is 21.1 Å². The molecule has 136 valence electrons. The van der Waals surface area contributed by atoms with Gasteiger partial charge in [0.05, 0.1) is 20.3 Å². The SMILES string of the molecule is COc1cc(OC)cc(C(NCc2ccc(Cl)cc2)c2nccn2C)c1. The third-order valence-corrected chi connectivity index (χ3v) is 4.50. The first kappa shape index (κ1) is 18.3. The Labute approximate surface area is 158 Å². The van der Waals surface area contributed by atoms with Crippen LogP contribution in [0.3, 0.4) is 0 Å². The van der Waals surface area contributed by atoms with Gasteiger partial charge in [0.15, 0.2) is 0 Å². The maximum absolute atomic E-state index is 5.98. The van der Waals surface area contributed by atoms with E-state index in [0.717, 1.165) is 33.5 Å². The lowest BCUT2D eigenvalue weighted by atomic mass is 10.0. The van der Waals surface area contributed by atoms with Crippen molar-refractivity contribution in [3.8, 4) is 11.5 Å². The molecule has 26 heavy (non-hydrogen) atoms. The molecule has 5 nitrogen and oxygen atoms in total. The second-order valence-electron chi connectivity index (χ2n) is 5.98. The summed E-state index contributed by atoms with van der Waals surface area (Å²) in [5, 5.41) is 4.31. The first-order valence-corrected chi connectivity index (χ1v) is 8.66. The first-order chi connectivity index (χ1) is 12.6. The number of aromatic nitrogens is 2. The lowest BCUT2D eigenvalue weighted by Crippen LogP contribution is -2.25. The quantitative estimate of drug-likeness (QED) is 0.682. The molecule has 1 aromatic heterocycles. The highest BCUT2D eigenvalue weighted by atomic mass is 35.5. The second kappa shape index (κ2) is 8.25. The Morgan fingerprint density at radius 1 is 1.08 bits per heavy atom. The summed E-state index contributed by atoms with van der Waals surface area (Å²) in [5.74, 6) is 2.40. The fourth-order valence-corrected chi connectivity index (χ4v) is 2.96. The van der Waals surface area contributed by atoms with Crippen LogP contribution >= 0.6 is 11.6 Å². The number of halogens is 1. The van der Waals surface area contributed by atoms with Gasteiger partial charge in [-0.2, -0.15) is 0 Å². The fraction of sp³-hybridized carbons (Fsp3) is 0.250. The first-order valence-electron chi connectivity index (χ1n) is 8.28. The molecule has 0 spiro atoms. The molecule has 0 fully saturated rings. The van der Waals surface area contributed by atoms with E-state index in [0.29, 0.717) is 6.54 Å². The molecule has 1 heterocycles. The van der Waals surface area contributed by atoms with E-state index in [2.05, 4.69) is 10.3 Å². The van der Waals surface area contributed by atoms with Gasteiger partial charge in [0.2, 0.25) is 0 Å². The van der Waals surface area contributed by atoms with E-state index in [9.17, 15) is 0 Å². The van der Waals surface area contributed by atoms with Crippen LogP contribution in [0.5, 0.6) is 11.5 Å². The Hall–Kier alpha value is -2.50. The third kappa shape index (κ3) is 4.18. The van der Waals surface area contributed by atoms with Crippen LogP contribution in [0.2, 0.25) is 5.02 Å². The Morgan fingerprint density at radius 2 is 1.73 bits per heavy atom. The highest BCUT2D eigenvalue weighted by Crippen LogP contribution is 2.29. The number of aryl methyl sites for hydroxylation is 1. The van der Waals surface area contributed by atoms with Crippen LogP contribution in [0.15, 0.2) is 54.9 Å². The van der Waals surface area contributed by atoms with E-state index in [-0.39, 0.29) is 6.04 Å². The zero-order valence-corrected chi connectivity index (χ0v) is 15.8. The van der Waals surface area contributed by atoms with Crippen LogP contribution in [0, 0.1) is 0 Å². The van der Waals surface area contributed by atoms with Crippen molar-refractivity contribution < 1.29 is 9.47 Å². The number of rotatable bonds is 7. The number of nitrogens with one attached hydrogen (secondary N) is 1. The van der Waals surface area contributed by atoms with Gasteiger partial charge < -0.3 is 14.0 Å². The predicted molar refractivity (Wildman–Crippen MR) is 103 cm³/mol. The van der Waals surface area contributed by atoms with Gasteiger partial charge in [-0.3, -0.25) is 5.32 Å². The molecule has 6 heteroatoms. The van der Waals surface area contributed by atoms with Crippen molar-refractivity contribution >= 4 is 11.6 Å². The lowest BCUT2D eigenvalue weighted by molar-refractivity contribution is 0.392. The van der Waals surface area contributed by atoms with Crippen LogP contribution < -0.4 is 14.8 Å². The summed E-state index contributed by atoms with van der Waals surface area (Å²) in [6, 6.07) is 13.5. The monoisotopic (exact) mass is 371 g/mol. The van der Waals surface area contributed by atoms with Crippen molar-refractivity contribution in [2.24, 2.45) is 7.05 Å². The molecule has 0 saturated heterocycles. The fourth-order valence-electron chi connectivity index (χ4n) is 2.83. The number of ether oxygens (including phenoxy) is 2. The van der Waals surface area contributed by atoms with Crippen LogP contribution in [-0.4, -0.2) is 23.8 Å². The minimum Gasteiger partial charge on any atom is -0.497 e. The summed E-state index contributed by atoms with van der Waals surface area (Å²) in [6.45, 7) is 0.675. The Morgan fingerprint density at radius 3 is 2.27 bits per heavy atom. The summed E-state index contributed by atoms with van der Waals surface area (Å²) in [7, 11) is 5.28. The van der Waals surface area contributed by atoms with E-state index in [1.54, 1.807) is 20.4 Å². The zero-order valence-electron chi connectivity index (χ0n) is 15.1. The van der Waals surface area contributed by atoms with Gasteiger partial charge in [0.25, 0.3) is 0 Å². The molecule has 1 unspecified atom stereocenters. The molecule has 1 N–H and O–H groups in total. The molecule has 3 rings (SSSR count). The summed E-state index contributed by atoms with van der Waals surface area (Å²) >= 11 is 5.98. The van der Waals surface area contributed by atoms with Crippen LogP contribution in [-0.2, 0) is 13.6 Å². The zero-order chi connectivity index (χ0) is 18.5. The highest BCUT2D eigenvalue weighted by molar-refractivity contribution is 6.30. The van der Waals surface area contributed by atoms with Gasteiger partial charge in [0.1, 0.15) is 17.3 Å². The molecule has 1 atom stereocenters. The second-order valence-corrected chi connectivity index (χ2v) is 6.42. The van der Waals surface area contributed by atoms with Crippen molar-refractivity contribution in [3.63, 3.8) is 0 Å². The van der Waals surface area contributed by atoms with E-state index in [1.807, 2.05) is 60.3 Å². The van der Waals surface area contributed by atoms with Crippen molar-refractivity contribution in [3.05, 3.63) is 76.8 Å². The predicted octanol–water partition coefficient (Wildman–Crippen LogP) is 3.97. The number of nitrogens with zero attached hydrogens (tertiary/aromatic N) is 2. The number of hydrogen-bond donors (Lipinski definition) is 1. The van der Waals surface area contributed by atoms with Gasteiger partial charge >= 0.3 is 0 Å². The molecule has 2 aromatic carbocycles. The normalized spacial score (nSPS) is 12.0. The summed E-state index contributed by atoms with van der Waals surface area (Å²) < 4.78 is 12.8. The average molecular weight is 372 g/mol. The van der Waals surface area contributed by atoms with Gasteiger partial charge in [-0.05, 0) is 35.4 Å². The van der Waals surface area contributed by atoms with E-state index < -0.39 is 0 Å². The minimum atomic E-state index is -0.116. The standard InChI is InChI=1S/C20H22ClN3O2/c1-24-9-8-22-20(24)19(23-13-14-4-6-16(21)7-5-14)15-10-17(25-2)12-18(11-15)26-3/h4-12,19,23H,13H2,1-3H3. The molecule has 0 radical (unpaired) electrons. The Kier molecular flexibility index (Phi) is 5.81. The highest BCUT2D eigenvalue weighted by Gasteiger charge is 2.20. The average Bonchev–Trinajstić information content (AvgIpc) is 3.09. The summed E-state index contributed by atoms with van der Waals surface area (Å²) in [6.07, 6.45) is 3.73. The molecule has 0 bridgehead atoms. The Bertz CT molecular complexity index is 839.